The molecular weight excluding hydrogens is 244 g/mol. The third-order valence-corrected chi connectivity index (χ3v) is 2.97. The van der Waals surface area contributed by atoms with Crippen molar-refractivity contribution in [1.82, 2.24) is 9.97 Å². The largest absolute Gasteiger partial charge is 0.281 e. The first-order chi connectivity index (χ1) is 7.77. The molecule has 0 amide bonds. The molecule has 0 bridgehead atoms. The second kappa shape index (κ2) is 5.09. The van der Waals surface area contributed by atoms with Crippen molar-refractivity contribution in [1.29, 1.82) is 0 Å². The lowest BCUT2D eigenvalue weighted by molar-refractivity contribution is 0.108. The highest BCUT2D eigenvalue weighted by atomic mass is 35.5. The van der Waals surface area contributed by atoms with Crippen molar-refractivity contribution in [2.45, 2.75) is 5.03 Å². The Morgan fingerprint density at radius 2 is 1.94 bits per heavy atom. The van der Waals surface area contributed by atoms with E-state index in [0.717, 1.165) is 11.8 Å². The molecule has 0 aliphatic heterocycles. The fourth-order valence-electron chi connectivity index (χ4n) is 1.10. The Morgan fingerprint density at radius 1 is 1.12 bits per heavy atom. The second-order valence-corrected chi connectivity index (χ2v) is 4.25. The van der Waals surface area contributed by atoms with Gasteiger partial charge in [0.1, 0.15) is 10.2 Å². The number of carbonyl (C=O) groups is 1. The van der Waals surface area contributed by atoms with Gasteiger partial charge in [0.05, 0.1) is 5.56 Å². The summed E-state index contributed by atoms with van der Waals surface area (Å²) in [4.78, 5) is 19.7. The van der Waals surface area contributed by atoms with E-state index in [2.05, 4.69) is 9.97 Å². The first-order valence-electron chi connectivity index (χ1n) is 4.51. The quantitative estimate of drug-likeness (QED) is 0.607. The molecule has 16 heavy (non-hydrogen) atoms. The monoisotopic (exact) mass is 250 g/mol. The van der Waals surface area contributed by atoms with Crippen LogP contribution in [-0.2, 0) is 0 Å². The molecule has 0 unspecified atom stereocenters. The normalized spacial score (nSPS) is 10.1. The zero-order valence-electron chi connectivity index (χ0n) is 8.13. The molecule has 0 fully saturated rings. The van der Waals surface area contributed by atoms with Crippen molar-refractivity contribution in [2.24, 2.45) is 0 Å². The van der Waals surface area contributed by atoms with E-state index < -0.39 is 0 Å². The molecule has 2 aromatic heterocycles. The van der Waals surface area contributed by atoms with Crippen LogP contribution in [0.4, 0.5) is 0 Å². The molecule has 0 saturated carbocycles. The van der Waals surface area contributed by atoms with Crippen LogP contribution in [0.3, 0.4) is 0 Å². The molecule has 2 heterocycles. The third kappa shape index (κ3) is 2.59. The molecular formula is C11H7ClN2OS. The number of halogens is 1. The average molecular weight is 251 g/mol. The molecule has 0 saturated heterocycles. The van der Waals surface area contributed by atoms with Gasteiger partial charge in [-0.15, -0.1) is 0 Å². The summed E-state index contributed by atoms with van der Waals surface area (Å²) in [6, 6.07) is 8.72. The Labute approximate surface area is 102 Å². The zero-order valence-corrected chi connectivity index (χ0v) is 9.70. The minimum absolute atomic E-state index is 0.156. The number of hydrogen-bond acceptors (Lipinski definition) is 4. The lowest BCUT2D eigenvalue weighted by Crippen LogP contribution is -1.96. The molecule has 2 rings (SSSR count). The van der Waals surface area contributed by atoms with Gasteiger partial charge in [-0.3, -0.25) is 4.79 Å². The highest BCUT2D eigenvalue weighted by molar-refractivity contribution is 8.14. The van der Waals surface area contributed by atoms with Crippen LogP contribution in [0.5, 0.6) is 0 Å². The van der Waals surface area contributed by atoms with E-state index in [1.165, 1.54) is 0 Å². The van der Waals surface area contributed by atoms with Gasteiger partial charge in [-0.2, -0.15) is 0 Å². The highest BCUT2D eigenvalue weighted by Gasteiger charge is 2.12. The maximum atomic E-state index is 11.8. The van der Waals surface area contributed by atoms with Crippen molar-refractivity contribution in [3.8, 4) is 0 Å². The average Bonchev–Trinajstić information content (AvgIpc) is 2.31. The van der Waals surface area contributed by atoms with Gasteiger partial charge in [-0.25, -0.2) is 9.97 Å². The van der Waals surface area contributed by atoms with Crippen molar-refractivity contribution < 1.29 is 4.79 Å². The number of pyridine rings is 2. The third-order valence-electron chi connectivity index (χ3n) is 1.81. The fraction of sp³-hybridized carbons (Fsp3) is 0. The van der Waals surface area contributed by atoms with E-state index in [9.17, 15) is 4.79 Å². The van der Waals surface area contributed by atoms with Crippen molar-refractivity contribution >= 4 is 28.5 Å². The first kappa shape index (κ1) is 11.1. The molecule has 5 heteroatoms. The Bertz CT molecular complexity index is 504. The minimum atomic E-state index is -0.156. The van der Waals surface area contributed by atoms with E-state index in [-0.39, 0.29) is 10.3 Å². The predicted molar refractivity (Wildman–Crippen MR) is 63.7 cm³/mol. The zero-order chi connectivity index (χ0) is 11.4. The fourth-order valence-corrected chi connectivity index (χ4v) is 2.08. The molecule has 80 valence electrons. The van der Waals surface area contributed by atoms with Crippen LogP contribution >= 0.6 is 23.4 Å². The molecule has 0 radical (unpaired) electrons. The summed E-state index contributed by atoms with van der Waals surface area (Å²) in [6.45, 7) is 0. The van der Waals surface area contributed by atoms with Crippen molar-refractivity contribution in [3.05, 3.63) is 53.4 Å². The molecule has 0 atom stereocenters. The second-order valence-electron chi connectivity index (χ2n) is 2.90. The van der Waals surface area contributed by atoms with E-state index in [0.29, 0.717) is 10.6 Å². The molecule has 0 N–H and O–H groups in total. The Kier molecular flexibility index (Phi) is 3.54. The predicted octanol–water partition coefficient (Wildman–Crippen LogP) is 3.06. The summed E-state index contributed by atoms with van der Waals surface area (Å²) >= 11 is 6.86. The number of carbonyl (C=O) groups excluding carboxylic acids is 1. The Balaban J connectivity index is 2.19. The smallest absolute Gasteiger partial charge is 0.228 e. The molecule has 0 aromatic carbocycles. The highest BCUT2D eigenvalue weighted by Crippen LogP contribution is 2.23. The van der Waals surface area contributed by atoms with Gasteiger partial charge >= 0.3 is 0 Å². The number of rotatable bonds is 2. The van der Waals surface area contributed by atoms with Crippen LogP contribution in [0.2, 0.25) is 5.15 Å². The SMILES string of the molecule is O=C(Sc1ccccn1)c1cccnc1Cl. The van der Waals surface area contributed by atoms with Gasteiger partial charge in [0.15, 0.2) is 0 Å². The van der Waals surface area contributed by atoms with E-state index in [1.54, 1.807) is 36.7 Å². The van der Waals surface area contributed by atoms with Crippen molar-refractivity contribution in [2.75, 3.05) is 0 Å². The lowest BCUT2D eigenvalue weighted by atomic mass is 10.3. The molecule has 2 aromatic rings. The first-order valence-corrected chi connectivity index (χ1v) is 5.70. The Hall–Kier alpha value is -1.39. The van der Waals surface area contributed by atoms with Crippen LogP contribution in [0.1, 0.15) is 10.4 Å². The summed E-state index contributed by atoms with van der Waals surface area (Å²) in [6.07, 6.45) is 3.19. The summed E-state index contributed by atoms with van der Waals surface area (Å²) in [5.41, 5.74) is 0.403. The minimum Gasteiger partial charge on any atom is -0.281 e. The van der Waals surface area contributed by atoms with Gasteiger partial charge < -0.3 is 0 Å². The molecule has 0 aliphatic rings. The van der Waals surface area contributed by atoms with Gasteiger partial charge in [0, 0.05) is 12.4 Å². The van der Waals surface area contributed by atoms with Gasteiger partial charge in [-0.1, -0.05) is 17.7 Å². The van der Waals surface area contributed by atoms with E-state index in [4.69, 9.17) is 11.6 Å². The number of hydrogen-bond donors (Lipinski definition) is 0. The maximum absolute atomic E-state index is 11.8. The van der Waals surface area contributed by atoms with Crippen molar-refractivity contribution in [3.63, 3.8) is 0 Å². The van der Waals surface area contributed by atoms with Crippen LogP contribution in [-0.4, -0.2) is 15.1 Å². The molecule has 3 nitrogen and oxygen atoms in total. The maximum Gasteiger partial charge on any atom is 0.228 e. The Morgan fingerprint density at radius 3 is 2.62 bits per heavy atom. The summed E-state index contributed by atoms with van der Waals surface area (Å²) in [5, 5.41) is 0.708. The number of thioether (sulfide) groups is 1. The van der Waals surface area contributed by atoms with E-state index >= 15 is 0 Å². The number of nitrogens with zero attached hydrogens (tertiary/aromatic N) is 2. The van der Waals surface area contributed by atoms with Gasteiger partial charge in [0.25, 0.3) is 0 Å². The van der Waals surface area contributed by atoms with Crippen LogP contribution < -0.4 is 0 Å². The van der Waals surface area contributed by atoms with Gasteiger partial charge in [0.2, 0.25) is 5.12 Å². The summed E-state index contributed by atoms with van der Waals surface area (Å²) in [5.74, 6) is 0. The van der Waals surface area contributed by atoms with Crippen LogP contribution in [0.15, 0.2) is 47.8 Å². The summed E-state index contributed by atoms with van der Waals surface area (Å²) < 4.78 is 0. The molecule has 0 spiro atoms. The molecule has 0 aliphatic carbocycles. The number of aromatic nitrogens is 2. The standard InChI is InChI=1S/C11H7ClN2OS/c12-10-8(4-3-7-14-10)11(15)16-9-5-1-2-6-13-9/h1-7H. The van der Waals surface area contributed by atoms with Crippen LogP contribution in [0.25, 0.3) is 0 Å². The lowest BCUT2D eigenvalue weighted by Gasteiger charge is -2.00. The van der Waals surface area contributed by atoms with Gasteiger partial charge in [-0.05, 0) is 36.0 Å². The summed E-state index contributed by atoms with van der Waals surface area (Å²) in [7, 11) is 0. The van der Waals surface area contributed by atoms with E-state index in [1.807, 2.05) is 6.07 Å². The van der Waals surface area contributed by atoms with Crippen LogP contribution in [0, 0.1) is 0 Å². The topological polar surface area (TPSA) is 42.9 Å².